The van der Waals surface area contributed by atoms with Gasteiger partial charge in [-0.05, 0) is 56.2 Å². The Morgan fingerprint density at radius 1 is 0.969 bits per heavy atom. The van der Waals surface area contributed by atoms with Gasteiger partial charge in [-0.1, -0.05) is 30.5 Å². The van der Waals surface area contributed by atoms with Gasteiger partial charge in [0, 0.05) is 24.2 Å². The summed E-state index contributed by atoms with van der Waals surface area (Å²) in [6, 6.07) is 13.0. The van der Waals surface area contributed by atoms with Crippen molar-refractivity contribution in [1.82, 2.24) is 4.90 Å². The number of hydrogen-bond donors (Lipinski definition) is 1. The van der Waals surface area contributed by atoms with Gasteiger partial charge in [0.15, 0.2) is 0 Å². The van der Waals surface area contributed by atoms with Crippen LogP contribution in [0.1, 0.15) is 54.9 Å². The van der Waals surface area contributed by atoms with Crippen LogP contribution in [0, 0.1) is 6.92 Å². The smallest absolute Gasteiger partial charge is 0.257 e. The topological polar surface area (TPSA) is 86.8 Å². The van der Waals surface area contributed by atoms with Crippen molar-refractivity contribution in [2.24, 2.45) is 0 Å². The van der Waals surface area contributed by atoms with E-state index in [1.165, 1.54) is 6.92 Å². The maximum Gasteiger partial charge on any atom is 0.257 e. The van der Waals surface area contributed by atoms with Gasteiger partial charge >= 0.3 is 0 Å². The molecule has 7 nitrogen and oxygen atoms in total. The van der Waals surface area contributed by atoms with Gasteiger partial charge in [-0.15, -0.1) is 0 Å². The molecule has 1 atom stereocenters. The molecule has 0 bridgehead atoms. The van der Waals surface area contributed by atoms with Crippen LogP contribution in [0.5, 0.6) is 0 Å². The lowest BCUT2D eigenvalue weighted by molar-refractivity contribution is -0.123. The number of nitrogens with one attached hydrogen (secondary N) is 1. The zero-order valence-electron chi connectivity index (χ0n) is 18.3. The lowest BCUT2D eigenvalue weighted by Crippen LogP contribution is -2.50. The van der Waals surface area contributed by atoms with Crippen molar-refractivity contribution >= 4 is 35.0 Å². The average molecular weight is 434 g/mol. The van der Waals surface area contributed by atoms with E-state index >= 15 is 0 Å². The summed E-state index contributed by atoms with van der Waals surface area (Å²) in [7, 11) is 0. The van der Waals surface area contributed by atoms with Gasteiger partial charge in [-0.3, -0.25) is 19.2 Å². The number of hydrogen-bond acceptors (Lipinski definition) is 4. The fourth-order valence-corrected chi connectivity index (χ4v) is 4.59. The van der Waals surface area contributed by atoms with Crippen molar-refractivity contribution in [3.05, 3.63) is 59.7 Å². The standard InChI is InChI=1S/C25H27N3O4/c1-16-7-9-18(10-8-16)24(31)27(20-5-3-4-6-20)22-15-23(30)28(25(22)32)21-13-11-19(12-14-21)26-17(2)29/h7-14,20,22H,3-6,15H2,1-2H3,(H,26,29). The van der Waals surface area contributed by atoms with Gasteiger partial charge in [-0.25, -0.2) is 4.90 Å². The van der Waals surface area contributed by atoms with E-state index in [-0.39, 0.29) is 36.1 Å². The Kier molecular flexibility index (Phi) is 6.08. The number of anilines is 2. The van der Waals surface area contributed by atoms with Crippen molar-refractivity contribution in [2.75, 3.05) is 10.2 Å². The number of imide groups is 1. The summed E-state index contributed by atoms with van der Waals surface area (Å²) in [5.41, 5.74) is 2.60. The van der Waals surface area contributed by atoms with E-state index in [0.717, 1.165) is 36.1 Å². The first-order chi connectivity index (χ1) is 15.3. The van der Waals surface area contributed by atoms with Gasteiger partial charge in [-0.2, -0.15) is 0 Å². The number of benzene rings is 2. The fourth-order valence-electron chi connectivity index (χ4n) is 4.59. The zero-order valence-corrected chi connectivity index (χ0v) is 18.3. The molecule has 1 heterocycles. The van der Waals surface area contributed by atoms with Crippen molar-refractivity contribution in [2.45, 2.75) is 58.0 Å². The fraction of sp³-hybridized carbons (Fsp3) is 0.360. The molecule has 1 unspecified atom stereocenters. The number of carbonyl (C=O) groups excluding carboxylic acids is 4. The van der Waals surface area contributed by atoms with Crippen LogP contribution in [0.25, 0.3) is 0 Å². The quantitative estimate of drug-likeness (QED) is 0.729. The second-order valence-corrected chi connectivity index (χ2v) is 8.53. The third-order valence-electron chi connectivity index (χ3n) is 6.16. The van der Waals surface area contributed by atoms with Crippen molar-refractivity contribution in [3.8, 4) is 0 Å². The molecule has 1 saturated heterocycles. The van der Waals surface area contributed by atoms with Crippen LogP contribution in [-0.4, -0.2) is 40.6 Å². The molecule has 1 aliphatic heterocycles. The van der Waals surface area contributed by atoms with E-state index in [0.29, 0.717) is 16.9 Å². The van der Waals surface area contributed by atoms with E-state index in [1.807, 2.05) is 19.1 Å². The first-order valence-corrected chi connectivity index (χ1v) is 11.0. The summed E-state index contributed by atoms with van der Waals surface area (Å²) < 4.78 is 0. The lowest BCUT2D eigenvalue weighted by atomic mass is 10.0. The van der Waals surface area contributed by atoms with Crippen LogP contribution in [0.4, 0.5) is 11.4 Å². The molecule has 2 aromatic carbocycles. The van der Waals surface area contributed by atoms with Crippen molar-refractivity contribution in [1.29, 1.82) is 0 Å². The maximum atomic E-state index is 13.5. The normalized spacial score (nSPS) is 18.8. The molecule has 7 heteroatoms. The number of aryl methyl sites for hydroxylation is 1. The number of amides is 4. The molecule has 4 rings (SSSR count). The Morgan fingerprint density at radius 2 is 1.59 bits per heavy atom. The zero-order chi connectivity index (χ0) is 22.8. The predicted molar refractivity (Wildman–Crippen MR) is 121 cm³/mol. The lowest BCUT2D eigenvalue weighted by Gasteiger charge is -2.33. The molecule has 4 amide bonds. The number of carbonyl (C=O) groups is 4. The second-order valence-electron chi connectivity index (χ2n) is 8.53. The first kappa shape index (κ1) is 21.7. The third-order valence-corrected chi connectivity index (χ3v) is 6.16. The molecule has 2 aliphatic rings. The van der Waals surface area contributed by atoms with Crippen molar-refractivity contribution < 1.29 is 19.2 Å². The van der Waals surface area contributed by atoms with E-state index in [2.05, 4.69) is 5.32 Å². The van der Waals surface area contributed by atoms with Crippen LogP contribution in [0.2, 0.25) is 0 Å². The van der Waals surface area contributed by atoms with E-state index < -0.39 is 6.04 Å². The van der Waals surface area contributed by atoms with E-state index in [1.54, 1.807) is 41.3 Å². The highest BCUT2D eigenvalue weighted by atomic mass is 16.2. The maximum absolute atomic E-state index is 13.5. The Morgan fingerprint density at radius 3 is 2.19 bits per heavy atom. The summed E-state index contributed by atoms with van der Waals surface area (Å²) in [6.07, 6.45) is 3.65. The van der Waals surface area contributed by atoms with Gasteiger partial charge in [0.05, 0.1) is 12.1 Å². The monoisotopic (exact) mass is 433 g/mol. The highest BCUT2D eigenvalue weighted by molar-refractivity contribution is 6.23. The van der Waals surface area contributed by atoms with Crippen LogP contribution in [-0.2, 0) is 14.4 Å². The molecule has 1 aliphatic carbocycles. The molecule has 1 N–H and O–H groups in total. The van der Waals surface area contributed by atoms with E-state index in [9.17, 15) is 19.2 Å². The van der Waals surface area contributed by atoms with Gasteiger partial charge in [0.25, 0.3) is 11.8 Å². The summed E-state index contributed by atoms with van der Waals surface area (Å²) in [6.45, 7) is 3.37. The first-order valence-electron chi connectivity index (χ1n) is 11.0. The second kappa shape index (κ2) is 8.94. The Hall–Kier alpha value is -3.48. The van der Waals surface area contributed by atoms with Crippen LogP contribution in [0.15, 0.2) is 48.5 Å². The summed E-state index contributed by atoms with van der Waals surface area (Å²) in [4.78, 5) is 53.8. The minimum atomic E-state index is -0.811. The van der Waals surface area contributed by atoms with E-state index in [4.69, 9.17) is 0 Å². The largest absolute Gasteiger partial charge is 0.326 e. The van der Waals surface area contributed by atoms with Gasteiger partial charge in [0.1, 0.15) is 6.04 Å². The molecule has 2 fully saturated rings. The van der Waals surface area contributed by atoms with Gasteiger partial charge in [0.2, 0.25) is 11.8 Å². The Bertz CT molecular complexity index is 1040. The van der Waals surface area contributed by atoms with Crippen LogP contribution < -0.4 is 10.2 Å². The molecular weight excluding hydrogens is 406 g/mol. The molecule has 2 aromatic rings. The van der Waals surface area contributed by atoms with Crippen LogP contribution >= 0.6 is 0 Å². The van der Waals surface area contributed by atoms with Crippen molar-refractivity contribution in [3.63, 3.8) is 0 Å². The summed E-state index contributed by atoms with van der Waals surface area (Å²) in [5.74, 6) is -1.11. The highest BCUT2D eigenvalue weighted by Crippen LogP contribution is 2.33. The molecule has 166 valence electrons. The molecular formula is C25H27N3O4. The van der Waals surface area contributed by atoms with Gasteiger partial charge < -0.3 is 10.2 Å². The minimum Gasteiger partial charge on any atom is -0.326 e. The minimum absolute atomic E-state index is 0.0274. The Labute approximate surface area is 187 Å². The molecule has 1 saturated carbocycles. The summed E-state index contributed by atoms with van der Waals surface area (Å²) in [5, 5.41) is 2.67. The number of rotatable bonds is 5. The number of nitrogens with zero attached hydrogens (tertiary/aromatic N) is 2. The predicted octanol–water partition coefficient (Wildman–Crippen LogP) is 3.67. The highest BCUT2D eigenvalue weighted by Gasteiger charge is 2.47. The van der Waals surface area contributed by atoms with Crippen LogP contribution in [0.3, 0.4) is 0 Å². The third kappa shape index (κ3) is 4.28. The average Bonchev–Trinajstić information content (AvgIpc) is 3.38. The molecule has 0 spiro atoms. The summed E-state index contributed by atoms with van der Waals surface area (Å²) >= 11 is 0. The molecule has 0 aromatic heterocycles. The SMILES string of the molecule is CC(=O)Nc1ccc(N2C(=O)CC(N(C(=O)c3ccc(C)cc3)C3CCCC3)C2=O)cc1. The Balaban J connectivity index is 1.61. The molecule has 32 heavy (non-hydrogen) atoms. The molecule has 0 radical (unpaired) electrons.